The number of halogens is 1. The zero-order valence-electron chi connectivity index (χ0n) is 10.2. The normalized spacial score (nSPS) is 10.2. The fraction of sp³-hybridized carbons (Fsp3) is 0.0667. The molecule has 19 heavy (non-hydrogen) atoms. The van der Waals surface area contributed by atoms with Crippen LogP contribution in [0.3, 0.4) is 0 Å². The molecular weight excluding hydrogens is 264 g/mol. The first-order valence-electron chi connectivity index (χ1n) is 5.64. The highest BCUT2D eigenvalue weighted by Gasteiger charge is 2.12. The number of hydrogen-bond acceptors (Lipinski definition) is 2. The Balaban J connectivity index is 2.57. The van der Waals surface area contributed by atoms with E-state index in [0.717, 1.165) is 11.1 Å². The molecule has 0 unspecified atom stereocenters. The maximum Gasteiger partial charge on any atom is 0.337 e. The van der Waals surface area contributed by atoms with Crippen LogP contribution in [0.1, 0.15) is 27.6 Å². The van der Waals surface area contributed by atoms with Gasteiger partial charge in [0.1, 0.15) is 0 Å². The molecule has 96 valence electrons. The van der Waals surface area contributed by atoms with Crippen molar-refractivity contribution in [2.24, 2.45) is 0 Å². The molecule has 2 aromatic rings. The molecule has 0 aromatic heterocycles. The van der Waals surface area contributed by atoms with Crippen molar-refractivity contribution in [1.82, 2.24) is 0 Å². The first-order chi connectivity index (χ1) is 9.00. The van der Waals surface area contributed by atoms with Crippen molar-refractivity contribution in [3.8, 4) is 11.1 Å². The van der Waals surface area contributed by atoms with Gasteiger partial charge in [0.15, 0.2) is 5.78 Å². The topological polar surface area (TPSA) is 54.4 Å². The Bertz CT molecular complexity index is 662. The zero-order valence-corrected chi connectivity index (χ0v) is 10.9. The number of carbonyl (C=O) groups is 2. The second-order valence-electron chi connectivity index (χ2n) is 4.10. The summed E-state index contributed by atoms with van der Waals surface area (Å²) in [6.45, 7) is 1.49. The standard InChI is InChI=1S/C15H11ClO3/c1-9(17)11-4-2-3-5-12(11)10-6-7-13(15(18)19)14(16)8-10/h2-8H,1H3,(H,18,19). The first-order valence-corrected chi connectivity index (χ1v) is 6.01. The van der Waals surface area contributed by atoms with E-state index in [9.17, 15) is 9.59 Å². The minimum absolute atomic E-state index is 0.0470. The fourth-order valence-electron chi connectivity index (χ4n) is 1.90. The molecule has 0 aliphatic carbocycles. The van der Waals surface area contributed by atoms with Gasteiger partial charge in [-0.25, -0.2) is 4.79 Å². The average Bonchev–Trinajstić information content (AvgIpc) is 2.38. The minimum atomic E-state index is -1.07. The van der Waals surface area contributed by atoms with E-state index in [1.165, 1.54) is 13.0 Å². The van der Waals surface area contributed by atoms with Gasteiger partial charge in [-0.2, -0.15) is 0 Å². The maximum absolute atomic E-state index is 11.6. The van der Waals surface area contributed by atoms with Gasteiger partial charge in [0.05, 0.1) is 10.6 Å². The Morgan fingerprint density at radius 2 is 1.74 bits per heavy atom. The van der Waals surface area contributed by atoms with Crippen molar-refractivity contribution in [3.63, 3.8) is 0 Å². The Morgan fingerprint density at radius 3 is 2.32 bits per heavy atom. The van der Waals surface area contributed by atoms with Crippen LogP contribution in [-0.4, -0.2) is 16.9 Å². The average molecular weight is 275 g/mol. The van der Waals surface area contributed by atoms with E-state index >= 15 is 0 Å². The summed E-state index contributed by atoms with van der Waals surface area (Å²) < 4.78 is 0. The van der Waals surface area contributed by atoms with Crippen LogP contribution in [-0.2, 0) is 0 Å². The van der Waals surface area contributed by atoms with E-state index in [4.69, 9.17) is 16.7 Å². The first kappa shape index (κ1) is 13.3. The van der Waals surface area contributed by atoms with E-state index in [1.54, 1.807) is 24.3 Å². The molecular formula is C15H11ClO3. The second kappa shape index (κ2) is 5.24. The summed E-state index contributed by atoms with van der Waals surface area (Å²) >= 11 is 5.94. The van der Waals surface area contributed by atoms with Crippen LogP contribution in [0, 0.1) is 0 Å². The fourth-order valence-corrected chi connectivity index (χ4v) is 2.16. The molecule has 0 bridgehead atoms. The molecule has 3 nitrogen and oxygen atoms in total. The SMILES string of the molecule is CC(=O)c1ccccc1-c1ccc(C(=O)O)c(Cl)c1. The molecule has 0 radical (unpaired) electrons. The van der Waals surface area contributed by atoms with Crippen LogP contribution >= 0.6 is 11.6 Å². The van der Waals surface area contributed by atoms with Gasteiger partial charge in [-0.1, -0.05) is 41.9 Å². The van der Waals surface area contributed by atoms with E-state index in [1.807, 2.05) is 12.1 Å². The van der Waals surface area contributed by atoms with E-state index in [0.29, 0.717) is 5.56 Å². The third-order valence-electron chi connectivity index (χ3n) is 2.82. The third kappa shape index (κ3) is 2.66. The van der Waals surface area contributed by atoms with Crippen LogP contribution in [0.25, 0.3) is 11.1 Å². The predicted molar refractivity (Wildman–Crippen MR) is 73.9 cm³/mol. The predicted octanol–water partition coefficient (Wildman–Crippen LogP) is 3.91. The number of carboxylic acid groups (broad SMARTS) is 1. The summed E-state index contributed by atoms with van der Waals surface area (Å²) in [6, 6.07) is 11.8. The highest BCUT2D eigenvalue weighted by Crippen LogP contribution is 2.28. The monoisotopic (exact) mass is 274 g/mol. The number of carbonyl (C=O) groups excluding carboxylic acids is 1. The summed E-state index contributed by atoms with van der Waals surface area (Å²) in [6.07, 6.45) is 0. The highest BCUT2D eigenvalue weighted by atomic mass is 35.5. The van der Waals surface area contributed by atoms with E-state index < -0.39 is 5.97 Å². The van der Waals surface area contributed by atoms with Gasteiger partial charge in [0.25, 0.3) is 0 Å². The number of rotatable bonds is 3. The number of aromatic carboxylic acids is 1. The van der Waals surface area contributed by atoms with Crippen LogP contribution in [0.15, 0.2) is 42.5 Å². The van der Waals surface area contributed by atoms with E-state index in [-0.39, 0.29) is 16.4 Å². The van der Waals surface area contributed by atoms with Crippen LogP contribution in [0.4, 0.5) is 0 Å². The molecule has 1 N–H and O–H groups in total. The molecule has 4 heteroatoms. The van der Waals surface area contributed by atoms with Crippen molar-refractivity contribution in [2.75, 3.05) is 0 Å². The Kier molecular flexibility index (Phi) is 3.67. The minimum Gasteiger partial charge on any atom is -0.478 e. The summed E-state index contributed by atoms with van der Waals surface area (Å²) in [5.74, 6) is -1.12. The van der Waals surface area contributed by atoms with Crippen molar-refractivity contribution in [3.05, 3.63) is 58.6 Å². The van der Waals surface area contributed by atoms with Gasteiger partial charge in [-0.15, -0.1) is 0 Å². The summed E-state index contributed by atoms with van der Waals surface area (Å²) in [5, 5.41) is 9.09. The van der Waals surface area contributed by atoms with Crippen molar-refractivity contribution < 1.29 is 14.7 Å². The quantitative estimate of drug-likeness (QED) is 0.864. The Morgan fingerprint density at radius 1 is 1.05 bits per heavy atom. The molecule has 0 saturated heterocycles. The van der Waals surface area contributed by atoms with Crippen molar-refractivity contribution in [2.45, 2.75) is 6.92 Å². The Labute approximate surface area is 115 Å². The summed E-state index contributed by atoms with van der Waals surface area (Å²) in [7, 11) is 0. The second-order valence-corrected chi connectivity index (χ2v) is 4.51. The molecule has 2 aromatic carbocycles. The molecule has 0 saturated carbocycles. The molecule has 0 amide bonds. The van der Waals surface area contributed by atoms with Crippen LogP contribution in [0.5, 0.6) is 0 Å². The smallest absolute Gasteiger partial charge is 0.337 e. The lowest BCUT2D eigenvalue weighted by atomic mass is 9.97. The number of Topliss-reactive ketones (excluding diaryl/α,β-unsaturated/α-hetero) is 1. The Hall–Kier alpha value is -2.13. The number of hydrogen-bond donors (Lipinski definition) is 1. The number of carboxylic acids is 1. The molecule has 0 heterocycles. The van der Waals surface area contributed by atoms with Crippen molar-refractivity contribution >= 4 is 23.4 Å². The summed E-state index contributed by atoms with van der Waals surface area (Å²) in [4.78, 5) is 22.5. The van der Waals surface area contributed by atoms with Gasteiger partial charge >= 0.3 is 5.97 Å². The van der Waals surface area contributed by atoms with Crippen LogP contribution in [0.2, 0.25) is 5.02 Å². The van der Waals surface area contributed by atoms with Gasteiger partial charge in [-0.3, -0.25) is 4.79 Å². The maximum atomic E-state index is 11.6. The highest BCUT2D eigenvalue weighted by molar-refractivity contribution is 6.33. The molecule has 0 atom stereocenters. The zero-order chi connectivity index (χ0) is 14.0. The third-order valence-corrected chi connectivity index (χ3v) is 3.13. The number of benzene rings is 2. The molecule has 2 rings (SSSR count). The van der Waals surface area contributed by atoms with Gasteiger partial charge in [0.2, 0.25) is 0 Å². The van der Waals surface area contributed by atoms with Gasteiger partial charge in [-0.05, 0) is 30.2 Å². The van der Waals surface area contributed by atoms with Crippen LogP contribution < -0.4 is 0 Å². The molecule has 0 spiro atoms. The lowest BCUT2D eigenvalue weighted by molar-refractivity contribution is 0.0697. The van der Waals surface area contributed by atoms with E-state index in [2.05, 4.69) is 0 Å². The van der Waals surface area contributed by atoms with Gasteiger partial charge in [0, 0.05) is 5.56 Å². The molecule has 0 aliphatic heterocycles. The van der Waals surface area contributed by atoms with Crippen molar-refractivity contribution in [1.29, 1.82) is 0 Å². The summed E-state index contributed by atoms with van der Waals surface area (Å²) in [5.41, 5.74) is 2.10. The number of ketones is 1. The lowest BCUT2D eigenvalue weighted by Gasteiger charge is -2.08. The van der Waals surface area contributed by atoms with Gasteiger partial charge < -0.3 is 5.11 Å². The lowest BCUT2D eigenvalue weighted by Crippen LogP contribution is -1.99. The largest absolute Gasteiger partial charge is 0.478 e. The molecule has 0 fully saturated rings. The molecule has 0 aliphatic rings.